The molecule has 2 aliphatic rings. The molecule has 0 heterocycles. The van der Waals surface area contributed by atoms with Gasteiger partial charge in [0.15, 0.2) is 5.76 Å². The number of halogens is 6. The summed E-state index contributed by atoms with van der Waals surface area (Å²) < 4.78 is 84.3. The van der Waals surface area contributed by atoms with Gasteiger partial charge in [-0.15, -0.1) is 0 Å². The van der Waals surface area contributed by atoms with Gasteiger partial charge in [-0.3, -0.25) is 4.79 Å². The number of carbonyl (C=O) groups is 1. The van der Waals surface area contributed by atoms with Crippen molar-refractivity contribution >= 4 is 17.7 Å². The molecular weight excluding hydrogens is 400 g/mol. The number of nitrogens with two attached hydrogens (primary N) is 1. The third-order valence-corrected chi connectivity index (χ3v) is 4.41. The molecule has 0 spiro atoms. The Kier molecular flexibility index (Phi) is 4.44. The number of hydrogen-bond acceptors (Lipinski definition) is 4. The molecule has 0 radical (unpaired) electrons. The van der Waals surface area contributed by atoms with E-state index in [0.29, 0.717) is 0 Å². The first-order chi connectivity index (χ1) is 12.4. The molecule has 11 heteroatoms. The lowest BCUT2D eigenvalue weighted by Gasteiger charge is -2.39. The predicted octanol–water partition coefficient (Wildman–Crippen LogP) is 3.40. The molecule has 4 nitrogen and oxygen atoms in total. The Balaban J connectivity index is 2.07. The van der Waals surface area contributed by atoms with Crippen molar-refractivity contribution in [3.63, 3.8) is 0 Å². The van der Waals surface area contributed by atoms with Crippen molar-refractivity contribution in [1.29, 1.82) is 0 Å². The van der Waals surface area contributed by atoms with Crippen molar-refractivity contribution in [2.75, 3.05) is 0 Å². The topological polar surface area (TPSA) is 72.6 Å². The van der Waals surface area contributed by atoms with Crippen molar-refractivity contribution in [2.45, 2.75) is 17.5 Å². The Morgan fingerprint density at radius 2 is 1.93 bits per heavy atom. The Labute approximate surface area is 151 Å². The molecule has 1 fully saturated rings. The number of alkyl halides is 5. The largest absolute Gasteiger partial charge is 0.447 e. The highest BCUT2D eigenvalue weighted by molar-refractivity contribution is 8.04. The standard InChI is InChI=1S/C16H7F6NO3S/c17-7-3-6(14(23)25)4-8(5-7)26-10-2-1-9-11(13(24)15(9,18)19)12(10)27-16(20,21)22/h3-5,13,24H,(H2,23,25). The first kappa shape index (κ1) is 19.2. The highest BCUT2D eigenvalue weighted by Gasteiger charge is 2.60. The number of ether oxygens (including phenoxy) is 1. The summed E-state index contributed by atoms with van der Waals surface area (Å²) in [6, 6.07) is 2.47. The van der Waals surface area contributed by atoms with E-state index in [1.165, 1.54) is 0 Å². The smallest absolute Gasteiger partial charge is 0.446 e. The number of hydrogen-bond donors (Lipinski definition) is 2. The summed E-state index contributed by atoms with van der Waals surface area (Å²) in [6.07, 6.45) is -2.49. The number of amides is 1. The Morgan fingerprint density at radius 1 is 1.26 bits per heavy atom. The minimum Gasteiger partial charge on any atom is -0.447 e. The van der Waals surface area contributed by atoms with Gasteiger partial charge >= 0.3 is 11.4 Å². The molecule has 142 valence electrons. The minimum atomic E-state index is -4.90. The van der Waals surface area contributed by atoms with Crippen LogP contribution in [0.2, 0.25) is 0 Å². The third kappa shape index (κ3) is 3.50. The zero-order valence-corrected chi connectivity index (χ0v) is 13.6. The summed E-state index contributed by atoms with van der Waals surface area (Å²) in [6.45, 7) is 0. The van der Waals surface area contributed by atoms with Crippen molar-refractivity contribution in [1.82, 2.24) is 0 Å². The summed E-state index contributed by atoms with van der Waals surface area (Å²) in [5, 5.41) is 9.52. The molecule has 1 saturated carbocycles. The molecule has 1 aromatic rings. The number of thioether (sulfide) groups is 1. The summed E-state index contributed by atoms with van der Waals surface area (Å²) >= 11 is -0.797. The van der Waals surface area contributed by atoms with Gasteiger partial charge in [0.25, 0.3) is 0 Å². The lowest BCUT2D eigenvalue weighted by Crippen LogP contribution is -2.50. The molecule has 1 amide bonds. The summed E-state index contributed by atoms with van der Waals surface area (Å²) in [5.41, 5.74) is 2.11. The lowest BCUT2D eigenvalue weighted by molar-refractivity contribution is -0.0918. The van der Waals surface area contributed by atoms with Gasteiger partial charge in [0.1, 0.15) is 17.7 Å². The minimum absolute atomic E-state index is 0.325. The van der Waals surface area contributed by atoms with E-state index in [0.717, 1.165) is 18.2 Å². The second kappa shape index (κ2) is 6.24. The van der Waals surface area contributed by atoms with E-state index in [9.17, 15) is 36.2 Å². The second-order valence-electron chi connectivity index (χ2n) is 5.41. The fourth-order valence-corrected chi connectivity index (χ4v) is 3.15. The quantitative estimate of drug-likeness (QED) is 0.593. The maximum atomic E-state index is 13.6. The van der Waals surface area contributed by atoms with E-state index in [1.54, 1.807) is 0 Å². The third-order valence-electron chi connectivity index (χ3n) is 3.56. The van der Waals surface area contributed by atoms with Crippen LogP contribution in [0.3, 0.4) is 0 Å². The Hall–Kier alpha value is -2.58. The van der Waals surface area contributed by atoms with Crippen molar-refractivity contribution in [2.24, 2.45) is 5.73 Å². The summed E-state index contributed by atoms with van der Waals surface area (Å²) in [7, 11) is 0. The SMILES string of the molecule is NC(=O)c1cc(F)cc(OC2=C=C=C3C(=C2SC(F)(F)F)C(O)C3(F)F)c1. The van der Waals surface area contributed by atoms with Gasteiger partial charge in [0.2, 0.25) is 5.91 Å². The Morgan fingerprint density at radius 3 is 2.52 bits per heavy atom. The van der Waals surface area contributed by atoms with Crippen LogP contribution < -0.4 is 10.5 Å². The van der Waals surface area contributed by atoms with Crippen LogP contribution in [-0.2, 0) is 0 Å². The summed E-state index contributed by atoms with van der Waals surface area (Å²) in [4.78, 5) is 10.3. The first-order valence-corrected chi connectivity index (χ1v) is 7.83. The van der Waals surface area contributed by atoms with Gasteiger partial charge in [-0.25, -0.2) is 4.39 Å². The molecule has 0 aliphatic heterocycles. The first-order valence-electron chi connectivity index (χ1n) is 7.01. The maximum absolute atomic E-state index is 13.6. The average molecular weight is 407 g/mol. The molecule has 1 aromatic carbocycles. The molecule has 0 saturated heterocycles. The van der Waals surface area contributed by atoms with E-state index >= 15 is 0 Å². The molecule has 0 bridgehead atoms. The van der Waals surface area contributed by atoms with E-state index < -0.39 is 68.6 Å². The van der Waals surface area contributed by atoms with E-state index in [2.05, 4.69) is 0 Å². The maximum Gasteiger partial charge on any atom is 0.446 e. The molecule has 2 aliphatic carbocycles. The number of carbonyl (C=O) groups excluding carboxylic acids is 1. The monoisotopic (exact) mass is 407 g/mol. The number of rotatable bonds is 4. The fraction of sp³-hybridized carbons (Fsp3) is 0.188. The van der Waals surface area contributed by atoms with Crippen LogP contribution in [0.5, 0.6) is 5.75 Å². The fourth-order valence-electron chi connectivity index (χ4n) is 2.41. The number of fused-ring (bicyclic) bond motifs is 1. The van der Waals surface area contributed by atoms with Crippen LogP contribution >= 0.6 is 11.8 Å². The molecule has 27 heavy (non-hydrogen) atoms. The van der Waals surface area contributed by atoms with Crippen LogP contribution in [-0.4, -0.2) is 28.5 Å². The van der Waals surface area contributed by atoms with Crippen molar-refractivity contribution in [3.05, 3.63) is 62.9 Å². The number of aliphatic hydroxyl groups excluding tert-OH is 1. The lowest BCUT2D eigenvalue weighted by atomic mass is 9.77. The van der Waals surface area contributed by atoms with Gasteiger partial charge in [0.05, 0.1) is 10.5 Å². The van der Waals surface area contributed by atoms with Crippen LogP contribution in [0.1, 0.15) is 10.4 Å². The van der Waals surface area contributed by atoms with Crippen LogP contribution in [0.25, 0.3) is 0 Å². The molecule has 3 N–H and O–H groups in total. The second-order valence-corrected chi connectivity index (χ2v) is 6.49. The van der Waals surface area contributed by atoms with Crippen LogP contribution in [0.4, 0.5) is 26.3 Å². The molecule has 1 unspecified atom stereocenters. The molecular formula is C16H7F6NO3S. The molecule has 1 atom stereocenters. The van der Waals surface area contributed by atoms with Gasteiger partial charge in [-0.05, 0) is 29.6 Å². The normalized spacial score (nSPS) is 20.5. The van der Waals surface area contributed by atoms with Gasteiger partial charge in [-0.1, -0.05) is 5.73 Å². The van der Waals surface area contributed by atoms with Crippen LogP contribution in [0, 0.1) is 5.82 Å². The van der Waals surface area contributed by atoms with Gasteiger partial charge in [-0.2, -0.15) is 22.0 Å². The van der Waals surface area contributed by atoms with E-state index in [1.807, 2.05) is 11.5 Å². The highest BCUT2D eigenvalue weighted by Crippen LogP contribution is 2.54. The van der Waals surface area contributed by atoms with Gasteiger partial charge < -0.3 is 15.6 Å². The van der Waals surface area contributed by atoms with Crippen molar-refractivity contribution in [3.8, 4) is 5.75 Å². The highest BCUT2D eigenvalue weighted by atomic mass is 32.2. The van der Waals surface area contributed by atoms with Gasteiger partial charge in [0, 0.05) is 17.2 Å². The van der Waals surface area contributed by atoms with E-state index in [-0.39, 0.29) is 5.56 Å². The van der Waals surface area contributed by atoms with E-state index in [4.69, 9.17) is 10.5 Å². The Bertz CT molecular complexity index is 984. The predicted molar refractivity (Wildman–Crippen MR) is 81.2 cm³/mol. The average Bonchev–Trinajstić information content (AvgIpc) is 2.53. The van der Waals surface area contributed by atoms with Crippen molar-refractivity contribution < 1.29 is 41.0 Å². The van der Waals surface area contributed by atoms with Crippen LogP contribution in [0.15, 0.2) is 51.5 Å². The molecule has 0 aromatic heterocycles. The number of primary amides is 1. The zero-order valence-electron chi connectivity index (χ0n) is 12.8. The number of aliphatic hydroxyl groups is 1. The zero-order chi connectivity index (χ0) is 20.1. The number of benzene rings is 1. The molecule has 3 rings (SSSR count). The summed E-state index contributed by atoms with van der Waals surface area (Å²) in [5.74, 6) is -6.90.